The summed E-state index contributed by atoms with van der Waals surface area (Å²) in [5, 5.41) is 0. The molecule has 3 aromatic rings. The minimum Gasteiger partial charge on any atom is -0.480 e. The summed E-state index contributed by atoms with van der Waals surface area (Å²) in [5.41, 5.74) is 3.18. The molecule has 0 aliphatic rings. The number of amides is 1. The Morgan fingerprint density at radius 3 is 2.24 bits per heavy atom. The van der Waals surface area contributed by atoms with Gasteiger partial charge in [0.15, 0.2) is 0 Å². The van der Waals surface area contributed by atoms with Crippen LogP contribution in [0.4, 0.5) is 0 Å². The van der Waals surface area contributed by atoms with Gasteiger partial charge in [-0.25, -0.2) is 23.1 Å². The van der Waals surface area contributed by atoms with Crippen LogP contribution in [0.2, 0.25) is 0 Å². The fourth-order valence-corrected chi connectivity index (χ4v) is 4.59. The van der Waals surface area contributed by atoms with E-state index in [1.807, 2.05) is 53.7 Å². The Balaban J connectivity index is 2.06. The third-order valence-corrected chi connectivity index (χ3v) is 6.47. The Bertz CT molecular complexity index is 1320. The van der Waals surface area contributed by atoms with Gasteiger partial charge in [0.25, 0.3) is 15.9 Å². The van der Waals surface area contributed by atoms with Gasteiger partial charge in [0.1, 0.15) is 16.2 Å². The molecule has 1 amide bonds. The number of rotatable bonds is 6. The predicted molar refractivity (Wildman–Crippen MR) is 129 cm³/mol. The number of hydrogen-bond acceptors (Lipinski definition) is 7. The van der Waals surface area contributed by atoms with Crippen LogP contribution in [-0.2, 0) is 15.4 Å². The lowest BCUT2D eigenvalue weighted by Gasteiger charge is -2.21. The lowest BCUT2D eigenvalue weighted by atomic mass is 9.91. The van der Waals surface area contributed by atoms with Crippen LogP contribution in [-0.4, -0.2) is 31.4 Å². The van der Waals surface area contributed by atoms with E-state index in [1.54, 1.807) is 6.07 Å². The molecule has 0 spiro atoms. The lowest BCUT2D eigenvalue weighted by molar-refractivity contribution is 0.0978. The molecule has 9 heteroatoms. The smallest absolute Gasteiger partial charge is 0.270 e. The number of carbonyl (C=O) groups is 1. The van der Waals surface area contributed by atoms with E-state index in [4.69, 9.17) is 9.47 Å². The number of hydrogen-bond donors (Lipinski definition) is 1. The molecule has 0 atom stereocenters. The van der Waals surface area contributed by atoms with Gasteiger partial charge in [-0.15, -0.1) is 0 Å². The van der Waals surface area contributed by atoms with Gasteiger partial charge in [-0.05, 0) is 56.2 Å². The number of ether oxygens (including phenoxy) is 2. The highest BCUT2D eigenvalue weighted by Crippen LogP contribution is 2.33. The molecule has 2 heterocycles. The summed E-state index contributed by atoms with van der Waals surface area (Å²) in [7, 11) is -2.97. The summed E-state index contributed by atoms with van der Waals surface area (Å²) in [6.45, 7) is 11.8. The van der Waals surface area contributed by atoms with Gasteiger partial charge >= 0.3 is 0 Å². The van der Waals surface area contributed by atoms with E-state index in [-0.39, 0.29) is 27.6 Å². The molecule has 0 aliphatic heterocycles. The Hall–Kier alpha value is -3.46. The summed E-state index contributed by atoms with van der Waals surface area (Å²) >= 11 is 0. The third-order valence-electron chi connectivity index (χ3n) is 5.12. The first-order valence-electron chi connectivity index (χ1n) is 10.7. The lowest BCUT2D eigenvalue weighted by Crippen LogP contribution is -2.31. The highest BCUT2D eigenvalue weighted by Gasteiger charge is 2.27. The molecule has 0 bridgehead atoms. The number of sulfonamides is 1. The van der Waals surface area contributed by atoms with E-state index in [0.717, 1.165) is 16.7 Å². The first kappa shape index (κ1) is 25.2. The SMILES string of the molecule is COc1ncccc1S(=O)(=O)NC(=O)c1ccc(C(C)(C)C)nc1Oc1c(C)cc(C)cc1C. The fraction of sp³-hybridized carbons (Fsp3) is 0.320. The number of benzene rings is 1. The van der Waals surface area contributed by atoms with Gasteiger partial charge in [0.05, 0.1) is 7.11 Å². The maximum Gasteiger partial charge on any atom is 0.270 e. The molecular weight excluding hydrogens is 454 g/mol. The van der Waals surface area contributed by atoms with Crippen LogP contribution in [0.3, 0.4) is 0 Å². The van der Waals surface area contributed by atoms with Crippen molar-refractivity contribution in [1.29, 1.82) is 0 Å². The number of methoxy groups -OCH3 is 1. The molecule has 0 saturated carbocycles. The van der Waals surface area contributed by atoms with Gasteiger partial charge in [-0.2, -0.15) is 0 Å². The van der Waals surface area contributed by atoms with E-state index < -0.39 is 15.9 Å². The van der Waals surface area contributed by atoms with E-state index in [2.05, 4.69) is 14.7 Å². The molecule has 0 saturated heterocycles. The molecule has 0 radical (unpaired) electrons. The van der Waals surface area contributed by atoms with Gasteiger partial charge in [-0.1, -0.05) is 38.5 Å². The van der Waals surface area contributed by atoms with Gasteiger partial charge < -0.3 is 9.47 Å². The van der Waals surface area contributed by atoms with Crippen LogP contribution >= 0.6 is 0 Å². The van der Waals surface area contributed by atoms with Crippen molar-refractivity contribution in [1.82, 2.24) is 14.7 Å². The average molecular weight is 484 g/mol. The first-order valence-corrected chi connectivity index (χ1v) is 12.1. The Morgan fingerprint density at radius 1 is 1.00 bits per heavy atom. The van der Waals surface area contributed by atoms with E-state index >= 15 is 0 Å². The van der Waals surface area contributed by atoms with Gasteiger partial charge in [0, 0.05) is 17.3 Å². The minimum atomic E-state index is -4.27. The predicted octanol–water partition coefficient (Wildman–Crippen LogP) is 4.62. The number of aromatic nitrogens is 2. The summed E-state index contributed by atoms with van der Waals surface area (Å²) in [6, 6.07) is 9.89. The zero-order valence-corrected chi connectivity index (χ0v) is 21.2. The molecule has 180 valence electrons. The highest BCUT2D eigenvalue weighted by molar-refractivity contribution is 7.90. The molecule has 0 aliphatic carbocycles. The summed E-state index contributed by atoms with van der Waals surface area (Å²) in [6.07, 6.45) is 1.40. The largest absolute Gasteiger partial charge is 0.480 e. The van der Waals surface area contributed by atoms with Crippen molar-refractivity contribution in [3.05, 3.63) is 70.5 Å². The fourth-order valence-electron chi connectivity index (χ4n) is 3.50. The second-order valence-corrected chi connectivity index (χ2v) is 10.7. The molecule has 3 rings (SSSR count). The molecule has 1 N–H and O–H groups in total. The maximum absolute atomic E-state index is 13.2. The van der Waals surface area contributed by atoms with Gasteiger partial charge in [-0.3, -0.25) is 4.79 Å². The third kappa shape index (κ3) is 5.36. The normalized spacial score (nSPS) is 11.7. The van der Waals surface area contributed by atoms with Crippen molar-refractivity contribution in [3.8, 4) is 17.5 Å². The van der Waals surface area contributed by atoms with Crippen molar-refractivity contribution < 1.29 is 22.7 Å². The van der Waals surface area contributed by atoms with Crippen molar-refractivity contribution in [2.24, 2.45) is 0 Å². The van der Waals surface area contributed by atoms with Gasteiger partial charge in [0.2, 0.25) is 11.8 Å². The summed E-state index contributed by atoms with van der Waals surface area (Å²) in [5.74, 6) is -0.411. The van der Waals surface area contributed by atoms with Crippen molar-refractivity contribution in [2.75, 3.05) is 7.11 Å². The van der Waals surface area contributed by atoms with E-state index in [0.29, 0.717) is 11.4 Å². The topological polar surface area (TPSA) is 107 Å². The number of nitrogens with one attached hydrogen (secondary N) is 1. The second-order valence-electron chi connectivity index (χ2n) is 9.07. The number of aryl methyl sites for hydroxylation is 3. The van der Waals surface area contributed by atoms with E-state index in [9.17, 15) is 13.2 Å². The van der Waals surface area contributed by atoms with Crippen molar-refractivity contribution in [2.45, 2.75) is 51.9 Å². The van der Waals surface area contributed by atoms with Crippen LogP contribution in [0.1, 0.15) is 53.5 Å². The molecule has 0 unspecified atom stereocenters. The van der Waals surface area contributed by atoms with Crippen LogP contribution < -0.4 is 14.2 Å². The minimum absolute atomic E-state index is 0.0150. The molecular formula is C25H29N3O5S. The number of nitrogens with zero attached hydrogens (tertiary/aromatic N) is 2. The average Bonchev–Trinajstić information content (AvgIpc) is 2.75. The Morgan fingerprint density at radius 2 is 1.65 bits per heavy atom. The number of pyridine rings is 2. The monoisotopic (exact) mass is 483 g/mol. The molecule has 34 heavy (non-hydrogen) atoms. The van der Waals surface area contributed by atoms with E-state index in [1.165, 1.54) is 31.5 Å². The molecule has 2 aromatic heterocycles. The Kier molecular flexibility index (Phi) is 6.97. The van der Waals surface area contributed by atoms with Crippen LogP contribution in [0.25, 0.3) is 0 Å². The van der Waals surface area contributed by atoms with Crippen LogP contribution in [0, 0.1) is 20.8 Å². The molecule has 0 fully saturated rings. The molecule has 8 nitrogen and oxygen atoms in total. The maximum atomic E-state index is 13.2. The zero-order valence-electron chi connectivity index (χ0n) is 20.4. The number of carbonyl (C=O) groups excluding carboxylic acids is 1. The summed E-state index contributed by atoms with van der Waals surface area (Å²) < 4.78 is 39.1. The quantitative estimate of drug-likeness (QED) is 0.545. The molecule has 1 aromatic carbocycles. The second kappa shape index (κ2) is 9.42. The standard InChI is InChI=1S/C25H29N3O5S/c1-15-13-16(2)21(17(3)14-15)33-23-18(10-11-20(27-23)25(4,5)6)22(29)28-34(30,31)19-9-8-12-26-24(19)32-7/h8-14H,1-7H3,(H,28,29). The first-order chi connectivity index (χ1) is 15.8. The van der Waals surface area contributed by atoms with Crippen LogP contribution in [0.5, 0.6) is 17.5 Å². The highest BCUT2D eigenvalue weighted by atomic mass is 32.2. The zero-order chi connectivity index (χ0) is 25.3. The van der Waals surface area contributed by atoms with Crippen molar-refractivity contribution in [3.63, 3.8) is 0 Å². The van der Waals surface area contributed by atoms with Crippen molar-refractivity contribution >= 4 is 15.9 Å². The summed E-state index contributed by atoms with van der Waals surface area (Å²) in [4.78, 5) is 21.4. The Labute approximate surface area is 200 Å². The van der Waals surface area contributed by atoms with Crippen LogP contribution in [0.15, 0.2) is 47.5 Å².